The number of aromatic nitrogens is 2. The molecule has 5 rings (SSSR count). The number of benzene rings is 2. The molecule has 178 valence electrons. The van der Waals surface area contributed by atoms with Gasteiger partial charge in [-0.1, -0.05) is 37.6 Å². The molecule has 2 aromatic carbocycles. The number of aliphatic imine (C=N–C) groups is 1. The van der Waals surface area contributed by atoms with Crippen molar-refractivity contribution < 1.29 is 4.79 Å². The molecule has 34 heavy (non-hydrogen) atoms. The number of amidine groups is 1. The van der Waals surface area contributed by atoms with Gasteiger partial charge in [0.05, 0.1) is 23.2 Å². The molecule has 1 amide bonds. The molecule has 2 aliphatic rings. The van der Waals surface area contributed by atoms with E-state index in [1.165, 1.54) is 17.3 Å². The molecule has 0 N–H and O–H groups in total. The number of hydrogen-bond acceptors (Lipinski definition) is 5. The van der Waals surface area contributed by atoms with Crippen molar-refractivity contribution in [2.75, 3.05) is 33.2 Å². The van der Waals surface area contributed by atoms with Crippen LogP contribution in [0.3, 0.4) is 0 Å². The summed E-state index contributed by atoms with van der Waals surface area (Å²) in [7, 11) is 2.12. The van der Waals surface area contributed by atoms with E-state index in [2.05, 4.69) is 46.0 Å². The summed E-state index contributed by atoms with van der Waals surface area (Å²) in [5.74, 6) is -0.155. The van der Waals surface area contributed by atoms with Crippen LogP contribution >= 0.6 is 23.4 Å². The number of amides is 1. The maximum Gasteiger partial charge on any atom is 0.286 e. The van der Waals surface area contributed by atoms with Gasteiger partial charge in [-0.25, -0.2) is 0 Å². The minimum atomic E-state index is -0.155. The van der Waals surface area contributed by atoms with Gasteiger partial charge in [-0.3, -0.25) is 9.48 Å². The Hall–Kier alpha value is -2.61. The fourth-order valence-corrected chi connectivity index (χ4v) is 5.19. The van der Waals surface area contributed by atoms with Crippen LogP contribution < -0.4 is 0 Å². The molecule has 0 bridgehead atoms. The van der Waals surface area contributed by atoms with Crippen molar-refractivity contribution in [2.24, 2.45) is 4.99 Å². The van der Waals surface area contributed by atoms with E-state index in [0.717, 1.165) is 58.4 Å². The number of likely N-dealkylation sites (N-methyl/N-ethyl adjacent to an activating group) is 1. The second-order valence-corrected chi connectivity index (χ2v) is 9.74. The highest BCUT2D eigenvalue weighted by Crippen LogP contribution is 2.31. The van der Waals surface area contributed by atoms with Crippen LogP contribution in [0.25, 0.3) is 17.0 Å². The first-order chi connectivity index (χ1) is 16.5. The number of carbonyl (C=O) groups excluding carboxylic acids is 1. The smallest absolute Gasteiger partial charge is 0.286 e. The molecule has 0 saturated carbocycles. The van der Waals surface area contributed by atoms with Gasteiger partial charge in [-0.2, -0.15) is 10.1 Å². The normalized spacial score (nSPS) is 17.8. The lowest BCUT2D eigenvalue weighted by Gasteiger charge is -2.32. The lowest BCUT2D eigenvalue weighted by molar-refractivity contribution is -0.113. The van der Waals surface area contributed by atoms with Crippen molar-refractivity contribution >= 4 is 51.4 Å². The maximum absolute atomic E-state index is 12.5. The van der Waals surface area contributed by atoms with E-state index < -0.39 is 0 Å². The Morgan fingerprint density at radius 1 is 1.09 bits per heavy atom. The number of hydrogen-bond donors (Lipinski definition) is 0. The zero-order valence-electron chi connectivity index (χ0n) is 20.1. The summed E-state index contributed by atoms with van der Waals surface area (Å²) in [6.07, 6.45) is 3.80. The van der Waals surface area contributed by atoms with Gasteiger partial charge in [-0.05, 0) is 72.8 Å². The van der Waals surface area contributed by atoms with Gasteiger partial charge in [0.1, 0.15) is 0 Å². The number of rotatable bonds is 3. The second-order valence-electron chi connectivity index (χ2n) is 8.29. The van der Waals surface area contributed by atoms with E-state index in [1.54, 1.807) is 0 Å². The Labute approximate surface area is 210 Å². The van der Waals surface area contributed by atoms with Gasteiger partial charge in [0, 0.05) is 36.6 Å². The number of nitrogens with zero attached hydrogens (tertiary/aromatic N) is 5. The third-order valence-corrected chi connectivity index (χ3v) is 7.25. The quantitative estimate of drug-likeness (QED) is 0.462. The number of carbonyl (C=O) groups is 1. The molecule has 6 nitrogen and oxygen atoms in total. The summed E-state index contributed by atoms with van der Waals surface area (Å²) in [6.45, 7) is 10.5. The SMILES string of the molecule is CC.Cc1cc(Cl)ccc1Cn1ncc2cc(/C=C3\SC(N4CCN(C)CC4)=NC3=O)ccc21. The predicted octanol–water partition coefficient (Wildman–Crippen LogP) is 5.29. The van der Waals surface area contributed by atoms with Gasteiger partial charge in [0.2, 0.25) is 0 Å². The Kier molecular flexibility index (Phi) is 7.76. The van der Waals surface area contributed by atoms with E-state index >= 15 is 0 Å². The van der Waals surface area contributed by atoms with Crippen LogP contribution in [0.2, 0.25) is 5.02 Å². The van der Waals surface area contributed by atoms with Crippen molar-refractivity contribution in [3.05, 3.63) is 69.2 Å². The van der Waals surface area contributed by atoms with Crippen LogP contribution in [0.4, 0.5) is 0 Å². The monoisotopic (exact) mass is 495 g/mol. The standard InChI is InChI=1S/C24H24ClN5OS.C2H6/c1-16-11-20(25)5-4-18(16)15-30-21-6-3-17(12-19(21)14-26-30)13-22-23(31)27-24(32-22)29-9-7-28(2)8-10-29;1-2/h3-6,11-14H,7-10,15H2,1-2H3;1-2H3/b22-13-;. The minimum Gasteiger partial charge on any atom is -0.348 e. The Bertz CT molecular complexity index is 1260. The number of halogens is 1. The first-order valence-corrected chi connectivity index (χ1v) is 12.8. The zero-order chi connectivity index (χ0) is 24.2. The molecule has 3 heterocycles. The highest BCUT2D eigenvalue weighted by Gasteiger charge is 2.27. The fraction of sp³-hybridized carbons (Fsp3) is 0.346. The molecule has 1 aromatic heterocycles. The number of thioether (sulfide) groups is 1. The fourth-order valence-electron chi connectivity index (χ4n) is 4.00. The molecule has 3 aromatic rings. The molecule has 0 aliphatic carbocycles. The van der Waals surface area contributed by atoms with Crippen molar-refractivity contribution in [3.63, 3.8) is 0 Å². The highest BCUT2D eigenvalue weighted by molar-refractivity contribution is 8.18. The Morgan fingerprint density at radius 2 is 1.85 bits per heavy atom. The lowest BCUT2D eigenvalue weighted by atomic mass is 10.1. The molecular formula is C26H30ClN5OS. The molecule has 0 atom stereocenters. The van der Waals surface area contributed by atoms with E-state index in [4.69, 9.17) is 11.6 Å². The summed E-state index contributed by atoms with van der Waals surface area (Å²) in [6, 6.07) is 12.1. The maximum atomic E-state index is 12.5. The third-order valence-electron chi connectivity index (χ3n) is 5.97. The van der Waals surface area contributed by atoms with Crippen LogP contribution in [0.1, 0.15) is 30.5 Å². The van der Waals surface area contributed by atoms with Gasteiger partial charge < -0.3 is 9.80 Å². The Morgan fingerprint density at radius 3 is 2.59 bits per heavy atom. The summed E-state index contributed by atoms with van der Waals surface area (Å²) in [4.78, 5) is 21.9. The summed E-state index contributed by atoms with van der Waals surface area (Å²) >= 11 is 7.56. The van der Waals surface area contributed by atoms with Gasteiger partial charge in [0.15, 0.2) is 5.17 Å². The van der Waals surface area contributed by atoms with E-state index in [0.29, 0.717) is 11.4 Å². The van der Waals surface area contributed by atoms with Crippen LogP contribution in [-0.2, 0) is 11.3 Å². The first kappa shape index (κ1) is 24.5. The highest BCUT2D eigenvalue weighted by atomic mass is 35.5. The second kappa shape index (κ2) is 10.8. The predicted molar refractivity (Wildman–Crippen MR) is 143 cm³/mol. The minimum absolute atomic E-state index is 0.155. The molecule has 0 spiro atoms. The summed E-state index contributed by atoms with van der Waals surface area (Å²) < 4.78 is 1.99. The third kappa shape index (κ3) is 5.37. The molecule has 8 heteroatoms. The van der Waals surface area contributed by atoms with Crippen molar-refractivity contribution in [3.8, 4) is 0 Å². The molecule has 0 radical (unpaired) electrons. The van der Waals surface area contributed by atoms with Crippen LogP contribution in [-0.4, -0.2) is 63.9 Å². The van der Waals surface area contributed by atoms with Crippen LogP contribution in [0.5, 0.6) is 0 Å². The summed E-state index contributed by atoms with van der Waals surface area (Å²) in [5, 5.41) is 7.19. The Balaban J connectivity index is 0.00000133. The average molecular weight is 496 g/mol. The van der Waals surface area contributed by atoms with Crippen LogP contribution in [0, 0.1) is 6.92 Å². The number of fused-ring (bicyclic) bond motifs is 1. The molecule has 0 unspecified atom stereocenters. The van der Waals surface area contributed by atoms with Crippen molar-refractivity contribution in [1.29, 1.82) is 0 Å². The zero-order valence-corrected chi connectivity index (χ0v) is 21.7. The van der Waals surface area contributed by atoms with Crippen LogP contribution in [0.15, 0.2) is 52.5 Å². The summed E-state index contributed by atoms with van der Waals surface area (Å²) in [5.41, 5.74) is 4.37. The van der Waals surface area contributed by atoms with Gasteiger partial charge >= 0.3 is 0 Å². The van der Waals surface area contributed by atoms with E-state index in [1.807, 2.05) is 55.1 Å². The van der Waals surface area contributed by atoms with Crippen molar-refractivity contribution in [2.45, 2.75) is 27.3 Å². The number of piperazine rings is 1. The molecular weight excluding hydrogens is 466 g/mol. The number of aryl methyl sites for hydroxylation is 1. The molecule has 1 saturated heterocycles. The van der Waals surface area contributed by atoms with Gasteiger partial charge in [-0.15, -0.1) is 0 Å². The average Bonchev–Trinajstić information content (AvgIpc) is 3.40. The first-order valence-electron chi connectivity index (χ1n) is 11.6. The molecule has 1 fully saturated rings. The van der Waals surface area contributed by atoms with Gasteiger partial charge in [0.25, 0.3) is 5.91 Å². The van der Waals surface area contributed by atoms with Crippen molar-refractivity contribution in [1.82, 2.24) is 19.6 Å². The largest absolute Gasteiger partial charge is 0.348 e. The lowest BCUT2D eigenvalue weighted by Crippen LogP contribution is -2.46. The molecule has 2 aliphatic heterocycles. The topological polar surface area (TPSA) is 53.7 Å². The van der Waals surface area contributed by atoms with E-state index in [-0.39, 0.29) is 5.91 Å². The van der Waals surface area contributed by atoms with E-state index in [9.17, 15) is 4.79 Å².